The zero-order valence-electron chi connectivity index (χ0n) is 8.26. The van der Waals surface area contributed by atoms with Gasteiger partial charge in [-0.3, -0.25) is 0 Å². The van der Waals surface area contributed by atoms with E-state index in [-0.39, 0.29) is 0 Å². The Hall–Kier alpha value is -1.16. The van der Waals surface area contributed by atoms with E-state index in [0.717, 1.165) is 25.3 Å². The smallest absolute Gasteiger partial charge is 0.151 e. The van der Waals surface area contributed by atoms with Crippen molar-refractivity contribution in [1.82, 2.24) is 10.2 Å². The van der Waals surface area contributed by atoms with E-state index in [4.69, 9.17) is 5.73 Å². The third kappa shape index (κ3) is 1.85. The maximum Gasteiger partial charge on any atom is 0.151 e. The lowest BCUT2D eigenvalue weighted by molar-refractivity contribution is 0.612. The Bertz CT molecular complexity index is 275. The molecule has 1 aromatic heterocycles. The molecule has 1 unspecified atom stereocenters. The van der Waals surface area contributed by atoms with E-state index in [1.165, 1.54) is 12.8 Å². The van der Waals surface area contributed by atoms with Crippen LogP contribution in [0.1, 0.15) is 19.3 Å². The van der Waals surface area contributed by atoms with E-state index in [0.29, 0.717) is 6.04 Å². The fraction of sp³-hybridized carbons (Fsp3) is 0.600. The molecule has 4 heteroatoms. The normalized spacial score (nSPS) is 21.5. The van der Waals surface area contributed by atoms with Crippen LogP contribution >= 0.6 is 0 Å². The van der Waals surface area contributed by atoms with Gasteiger partial charge in [0.05, 0.1) is 0 Å². The van der Waals surface area contributed by atoms with Crippen molar-refractivity contribution < 1.29 is 0 Å². The number of rotatable bonds is 3. The van der Waals surface area contributed by atoms with Crippen LogP contribution in [0.5, 0.6) is 0 Å². The van der Waals surface area contributed by atoms with Crippen LogP contribution in [0.4, 0.5) is 5.82 Å². The number of aromatic nitrogens is 2. The summed E-state index contributed by atoms with van der Waals surface area (Å²) < 4.78 is 0. The topological polar surface area (TPSA) is 55.0 Å². The van der Waals surface area contributed by atoms with Crippen molar-refractivity contribution in [2.75, 3.05) is 18.0 Å². The van der Waals surface area contributed by atoms with E-state index >= 15 is 0 Å². The molecule has 2 N–H and O–H groups in total. The van der Waals surface area contributed by atoms with Crippen LogP contribution in [0.25, 0.3) is 0 Å². The summed E-state index contributed by atoms with van der Waals surface area (Å²) >= 11 is 0. The van der Waals surface area contributed by atoms with Crippen molar-refractivity contribution in [2.24, 2.45) is 5.73 Å². The summed E-state index contributed by atoms with van der Waals surface area (Å²) in [5.41, 5.74) is 5.59. The highest BCUT2D eigenvalue weighted by molar-refractivity contribution is 5.39. The van der Waals surface area contributed by atoms with Gasteiger partial charge in [-0.05, 0) is 37.9 Å². The number of hydrogen-bond acceptors (Lipinski definition) is 4. The largest absolute Gasteiger partial charge is 0.352 e. The second-order valence-corrected chi connectivity index (χ2v) is 3.65. The molecular formula is C10H16N4. The monoisotopic (exact) mass is 192 g/mol. The second kappa shape index (κ2) is 4.37. The van der Waals surface area contributed by atoms with Gasteiger partial charge in [0.1, 0.15) is 0 Å². The molecule has 0 bridgehead atoms. The number of nitrogens with zero attached hydrogens (tertiary/aromatic N) is 3. The highest BCUT2D eigenvalue weighted by Crippen LogP contribution is 2.24. The van der Waals surface area contributed by atoms with Gasteiger partial charge in [-0.25, -0.2) is 0 Å². The molecule has 14 heavy (non-hydrogen) atoms. The Labute approximate surface area is 84.1 Å². The lowest BCUT2D eigenvalue weighted by atomic mass is 10.1. The van der Waals surface area contributed by atoms with Crippen molar-refractivity contribution in [2.45, 2.75) is 25.3 Å². The van der Waals surface area contributed by atoms with E-state index < -0.39 is 0 Å². The molecule has 1 atom stereocenters. The second-order valence-electron chi connectivity index (χ2n) is 3.65. The molecule has 1 aliphatic heterocycles. The molecule has 0 aromatic carbocycles. The number of anilines is 1. The van der Waals surface area contributed by atoms with E-state index in [9.17, 15) is 0 Å². The Morgan fingerprint density at radius 2 is 2.50 bits per heavy atom. The van der Waals surface area contributed by atoms with Crippen LogP contribution in [0.15, 0.2) is 18.3 Å². The van der Waals surface area contributed by atoms with Crippen LogP contribution in [-0.2, 0) is 0 Å². The van der Waals surface area contributed by atoms with Gasteiger partial charge in [0.15, 0.2) is 5.82 Å². The molecule has 0 aliphatic carbocycles. The minimum atomic E-state index is 0.566. The van der Waals surface area contributed by atoms with Gasteiger partial charge in [-0.1, -0.05) is 0 Å². The summed E-state index contributed by atoms with van der Waals surface area (Å²) in [7, 11) is 0. The summed E-state index contributed by atoms with van der Waals surface area (Å²) in [6, 6.07) is 4.51. The quantitative estimate of drug-likeness (QED) is 0.769. The molecule has 1 saturated heterocycles. The van der Waals surface area contributed by atoms with E-state index in [1.54, 1.807) is 6.20 Å². The third-order valence-electron chi connectivity index (χ3n) is 2.73. The first-order valence-corrected chi connectivity index (χ1v) is 5.16. The standard InChI is InChI=1S/C10H16N4/c11-6-5-9-3-2-8-14(9)10-4-1-7-12-13-10/h1,4,7,9H,2-3,5-6,8,11H2. The summed E-state index contributed by atoms with van der Waals surface area (Å²) in [5.74, 6) is 0.989. The van der Waals surface area contributed by atoms with Gasteiger partial charge in [-0.2, -0.15) is 5.10 Å². The molecule has 4 nitrogen and oxygen atoms in total. The van der Waals surface area contributed by atoms with Crippen molar-refractivity contribution in [1.29, 1.82) is 0 Å². The molecule has 0 spiro atoms. The summed E-state index contributed by atoms with van der Waals surface area (Å²) in [5, 5.41) is 8.03. The maximum absolute atomic E-state index is 5.59. The minimum Gasteiger partial charge on any atom is -0.352 e. The first-order valence-electron chi connectivity index (χ1n) is 5.16. The van der Waals surface area contributed by atoms with Crippen molar-refractivity contribution in [3.05, 3.63) is 18.3 Å². The van der Waals surface area contributed by atoms with Crippen molar-refractivity contribution in [3.63, 3.8) is 0 Å². The van der Waals surface area contributed by atoms with E-state index in [1.807, 2.05) is 12.1 Å². The number of hydrogen-bond donors (Lipinski definition) is 1. The van der Waals surface area contributed by atoms with Crippen LogP contribution in [-0.4, -0.2) is 29.3 Å². The zero-order valence-corrected chi connectivity index (χ0v) is 8.26. The molecule has 76 valence electrons. The summed E-state index contributed by atoms with van der Waals surface area (Å²) in [6.07, 6.45) is 5.23. The van der Waals surface area contributed by atoms with Crippen molar-refractivity contribution in [3.8, 4) is 0 Å². The van der Waals surface area contributed by atoms with Gasteiger partial charge >= 0.3 is 0 Å². The molecule has 2 heterocycles. The lowest BCUT2D eigenvalue weighted by Crippen LogP contribution is -2.31. The molecule has 1 fully saturated rings. The molecule has 0 radical (unpaired) electrons. The molecule has 1 aromatic rings. The van der Waals surface area contributed by atoms with Gasteiger partial charge in [-0.15, -0.1) is 5.10 Å². The molecule has 2 rings (SSSR count). The fourth-order valence-electron chi connectivity index (χ4n) is 2.08. The Morgan fingerprint density at radius 3 is 3.21 bits per heavy atom. The zero-order chi connectivity index (χ0) is 9.80. The highest BCUT2D eigenvalue weighted by Gasteiger charge is 2.24. The van der Waals surface area contributed by atoms with Gasteiger partial charge in [0.25, 0.3) is 0 Å². The van der Waals surface area contributed by atoms with E-state index in [2.05, 4.69) is 15.1 Å². The molecule has 1 aliphatic rings. The third-order valence-corrected chi connectivity index (χ3v) is 2.73. The van der Waals surface area contributed by atoms with Crippen LogP contribution in [0.3, 0.4) is 0 Å². The highest BCUT2D eigenvalue weighted by atomic mass is 15.3. The average Bonchev–Trinajstić information content (AvgIpc) is 2.68. The Kier molecular flexibility index (Phi) is 2.93. The Morgan fingerprint density at radius 1 is 1.57 bits per heavy atom. The fourth-order valence-corrected chi connectivity index (χ4v) is 2.08. The van der Waals surface area contributed by atoms with Crippen LogP contribution < -0.4 is 10.6 Å². The van der Waals surface area contributed by atoms with Crippen LogP contribution in [0.2, 0.25) is 0 Å². The summed E-state index contributed by atoms with van der Waals surface area (Å²) in [6.45, 7) is 1.84. The lowest BCUT2D eigenvalue weighted by Gasteiger charge is -2.24. The first kappa shape index (κ1) is 9.40. The average molecular weight is 192 g/mol. The van der Waals surface area contributed by atoms with Gasteiger partial charge in [0, 0.05) is 18.8 Å². The number of nitrogens with two attached hydrogens (primary N) is 1. The molecular weight excluding hydrogens is 176 g/mol. The van der Waals surface area contributed by atoms with Crippen molar-refractivity contribution >= 4 is 5.82 Å². The Balaban J connectivity index is 2.10. The maximum atomic E-state index is 5.59. The molecule has 0 amide bonds. The summed E-state index contributed by atoms with van der Waals surface area (Å²) in [4.78, 5) is 2.32. The predicted molar refractivity (Wildman–Crippen MR) is 56.1 cm³/mol. The first-order chi connectivity index (χ1) is 6.92. The van der Waals surface area contributed by atoms with Gasteiger partial charge in [0.2, 0.25) is 0 Å². The van der Waals surface area contributed by atoms with Crippen LogP contribution in [0, 0.1) is 0 Å². The predicted octanol–water partition coefficient (Wildman–Crippen LogP) is 0.794. The molecule has 0 saturated carbocycles. The SMILES string of the molecule is NCCC1CCCN1c1cccnn1. The minimum absolute atomic E-state index is 0.566. The van der Waals surface area contributed by atoms with Gasteiger partial charge < -0.3 is 10.6 Å².